The molecule has 6 heteroatoms. The highest BCUT2D eigenvalue weighted by Gasteiger charge is 2.14. The van der Waals surface area contributed by atoms with Gasteiger partial charge in [-0.3, -0.25) is 0 Å². The molecular weight excluding hydrogens is 466 g/mol. The molecule has 0 aliphatic carbocycles. The predicted octanol–water partition coefficient (Wildman–Crippen LogP) is 7.31. The molecule has 0 saturated carbocycles. The number of rotatable bonds is 8. The summed E-state index contributed by atoms with van der Waals surface area (Å²) in [5.41, 5.74) is 4.57. The van der Waals surface area contributed by atoms with E-state index in [0.717, 1.165) is 23.8 Å². The maximum atomic E-state index is 6.20. The number of benzene rings is 3. The lowest BCUT2D eigenvalue weighted by Gasteiger charge is -2.27. The van der Waals surface area contributed by atoms with Gasteiger partial charge in [-0.15, -0.1) is 11.8 Å². The third-order valence-electron chi connectivity index (χ3n) is 5.34. The number of halogens is 1. The molecule has 0 unspecified atom stereocenters. The van der Waals surface area contributed by atoms with Crippen molar-refractivity contribution in [3.05, 3.63) is 119 Å². The Labute approximate surface area is 210 Å². The van der Waals surface area contributed by atoms with Crippen LogP contribution in [0.2, 0.25) is 5.02 Å². The molecule has 0 amide bonds. The van der Waals surface area contributed by atoms with E-state index in [4.69, 9.17) is 23.8 Å². The molecule has 3 aromatic carbocycles. The van der Waals surface area contributed by atoms with Gasteiger partial charge in [-0.1, -0.05) is 60.1 Å². The number of thiocarbonyl (C=S) groups is 1. The number of thioether (sulfide) groups is 1. The number of nitrogens with one attached hydrogen (secondary N) is 1. The van der Waals surface area contributed by atoms with Gasteiger partial charge >= 0.3 is 0 Å². The van der Waals surface area contributed by atoms with Crippen LogP contribution in [0.25, 0.3) is 0 Å². The Bertz CT molecular complexity index is 1210. The Kier molecular flexibility index (Phi) is 8.10. The first-order valence-electron chi connectivity index (χ1n) is 10.7. The van der Waals surface area contributed by atoms with Crippen molar-refractivity contribution < 1.29 is 0 Å². The molecule has 33 heavy (non-hydrogen) atoms. The van der Waals surface area contributed by atoms with E-state index < -0.39 is 0 Å². The zero-order valence-corrected chi connectivity index (χ0v) is 20.8. The van der Waals surface area contributed by atoms with Crippen molar-refractivity contribution in [3.8, 4) is 0 Å². The lowest BCUT2D eigenvalue weighted by molar-refractivity contribution is 0.399. The molecule has 1 N–H and O–H groups in total. The summed E-state index contributed by atoms with van der Waals surface area (Å²) in [6.07, 6.45) is 4.18. The minimum atomic E-state index is 0.691. The van der Waals surface area contributed by atoms with Crippen molar-refractivity contribution in [1.29, 1.82) is 0 Å². The minimum Gasteiger partial charge on any atom is -0.345 e. The zero-order chi connectivity index (χ0) is 23.0. The molecule has 0 aliphatic heterocycles. The van der Waals surface area contributed by atoms with Crippen LogP contribution in [-0.4, -0.2) is 20.8 Å². The number of nitrogens with zero attached hydrogens (tertiary/aromatic N) is 2. The fourth-order valence-corrected chi connectivity index (χ4v) is 4.60. The summed E-state index contributed by atoms with van der Waals surface area (Å²) in [4.78, 5) is 3.41. The van der Waals surface area contributed by atoms with Crippen LogP contribution >= 0.6 is 35.6 Å². The number of hydrogen-bond donors (Lipinski definition) is 1. The van der Waals surface area contributed by atoms with Gasteiger partial charge in [-0.2, -0.15) is 0 Å². The average molecular weight is 492 g/mol. The van der Waals surface area contributed by atoms with Crippen molar-refractivity contribution in [3.63, 3.8) is 0 Å². The first kappa shape index (κ1) is 23.4. The summed E-state index contributed by atoms with van der Waals surface area (Å²) in [7, 11) is 0. The van der Waals surface area contributed by atoms with Gasteiger partial charge < -0.3 is 14.8 Å². The summed E-state index contributed by atoms with van der Waals surface area (Å²) in [5.74, 6) is 0. The van der Waals surface area contributed by atoms with Gasteiger partial charge in [0.25, 0.3) is 0 Å². The molecule has 0 atom stereocenters. The molecule has 1 heterocycles. The molecule has 0 saturated heterocycles. The molecular formula is C27H26ClN3S2. The van der Waals surface area contributed by atoms with Crippen molar-refractivity contribution in [2.45, 2.75) is 24.5 Å². The van der Waals surface area contributed by atoms with Gasteiger partial charge in [0.15, 0.2) is 5.11 Å². The highest BCUT2D eigenvalue weighted by molar-refractivity contribution is 7.98. The Balaban J connectivity index is 1.55. The average Bonchev–Trinajstić information content (AvgIpc) is 3.26. The van der Waals surface area contributed by atoms with E-state index in [1.165, 1.54) is 21.7 Å². The second-order valence-corrected chi connectivity index (χ2v) is 9.46. The zero-order valence-electron chi connectivity index (χ0n) is 18.4. The van der Waals surface area contributed by atoms with E-state index in [0.29, 0.717) is 11.7 Å². The van der Waals surface area contributed by atoms with Crippen molar-refractivity contribution >= 4 is 46.4 Å². The molecule has 0 spiro atoms. The first-order valence-corrected chi connectivity index (χ1v) is 12.7. The maximum Gasteiger partial charge on any atom is 0.174 e. The third kappa shape index (κ3) is 6.64. The van der Waals surface area contributed by atoms with Crippen LogP contribution in [0.5, 0.6) is 0 Å². The lowest BCUT2D eigenvalue weighted by Crippen LogP contribution is -2.34. The number of hydrogen-bond acceptors (Lipinski definition) is 2. The largest absolute Gasteiger partial charge is 0.345 e. The maximum absolute atomic E-state index is 6.20. The summed E-state index contributed by atoms with van der Waals surface area (Å²) >= 11 is 13.8. The topological polar surface area (TPSA) is 20.2 Å². The first-order chi connectivity index (χ1) is 16.1. The normalized spacial score (nSPS) is 10.7. The second-order valence-electron chi connectivity index (χ2n) is 7.76. The van der Waals surface area contributed by atoms with Crippen LogP contribution in [0.1, 0.15) is 16.8 Å². The summed E-state index contributed by atoms with van der Waals surface area (Å²) in [6, 6.07) is 31.0. The molecule has 0 aliphatic rings. The molecule has 0 fully saturated rings. The van der Waals surface area contributed by atoms with E-state index in [1.54, 1.807) is 11.8 Å². The Hall–Kier alpha value is -2.73. The van der Waals surface area contributed by atoms with E-state index >= 15 is 0 Å². The number of anilines is 1. The fourth-order valence-electron chi connectivity index (χ4n) is 3.68. The van der Waals surface area contributed by atoms with Crippen molar-refractivity contribution in [1.82, 2.24) is 9.47 Å². The monoisotopic (exact) mass is 491 g/mol. The molecule has 4 aromatic rings. The van der Waals surface area contributed by atoms with Gasteiger partial charge in [-0.05, 0) is 72.1 Å². The molecule has 0 bridgehead atoms. The molecule has 1 aromatic heterocycles. The quantitative estimate of drug-likeness (QED) is 0.206. The second kappa shape index (κ2) is 11.4. The van der Waals surface area contributed by atoms with Crippen LogP contribution in [-0.2, 0) is 19.6 Å². The summed E-state index contributed by atoms with van der Waals surface area (Å²) in [6.45, 7) is 2.17. The van der Waals surface area contributed by atoms with E-state index in [-0.39, 0.29) is 0 Å². The molecule has 4 rings (SSSR count). The Morgan fingerprint density at radius 1 is 0.909 bits per heavy atom. The predicted molar refractivity (Wildman–Crippen MR) is 145 cm³/mol. The van der Waals surface area contributed by atoms with E-state index in [9.17, 15) is 0 Å². The minimum absolute atomic E-state index is 0.691. The van der Waals surface area contributed by atoms with Crippen LogP contribution < -0.4 is 5.32 Å². The summed E-state index contributed by atoms with van der Waals surface area (Å²) < 4.78 is 2.25. The van der Waals surface area contributed by atoms with Gasteiger partial charge in [0.2, 0.25) is 0 Å². The fraction of sp³-hybridized carbons (Fsp3) is 0.148. The molecule has 3 nitrogen and oxygen atoms in total. The van der Waals surface area contributed by atoms with Crippen LogP contribution in [0.4, 0.5) is 5.69 Å². The third-order valence-corrected chi connectivity index (χ3v) is 6.66. The SMILES string of the molecule is CSc1cccc(NC(=S)N(Cc2ccccc2)Cc2cccn2Cc2cccc(Cl)c2)c1. The van der Waals surface area contributed by atoms with Gasteiger partial charge in [-0.25, -0.2) is 0 Å². The van der Waals surface area contributed by atoms with Crippen molar-refractivity contribution in [2.75, 3.05) is 11.6 Å². The Morgan fingerprint density at radius 3 is 2.48 bits per heavy atom. The standard InChI is InChI=1S/C27H26ClN3S2/c1-33-26-14-6-12-24(17-26)29-27(32)31(18-21-8-3-2-4-9-21)20-25-13-7-15-30(25)19-22-10-5-11-23(28)16-22/h2-17H,18-20H2,1H3,(H,29,32). The van der Waals surface area contributed by atoms with Crippen LogP contribution in [0, 0.1) is 0 Å². The smallest absolute Gasteiger partial charge is 0.174 e. The Morgan fingerprint density at radius 2 is 1.70 bits per heavy atom. The van der Waals surface area contributed by atoms with Crippen LogP contribution in [0.3, 0.4) is 0 Å². The van der Waals surface area contributed by atoms with Gasteiger partial charge in [0.1, 0.15) is 0 Å². The molecule has 168 valence electrons. The van der Waals surface area contributed by atoms with Crippen LogP contribution in [0.15, 0.2) is 102 Å². The van der Waals surface area contributed by atoms with Crippen molar-refractivity contribution in [2.24, 2.45) is 0 Å². The molecule has 0 radical (unpaired) electrons. The highest BCUT2D eigenvalue weighted by Crippen LogP contribution is 2.21. The number of aromatic nitrogens is 1. The lowest BCUT2D eigenvalue weighted by atomic mass is 10.2. The van der Waals surface area contributed by atoms with E-state index in [1.807, 2.05) is 24.3 Å². The van der Waals surface area contributed by atoms with E-state index in [2.05, 4.69) is 94.0 Å². The van der Waals surface area contributed by atoms with Gasteiger partial charge in [0, 0.05) is 40.6 Å². The summed E-state index contributed by atoms with van der Waals surface area (Å²) in [5, 5.41) is 4.90. The highest BCUT2D eigenvalue weighted by atomic mass is 35.5. The van der Waals surface area contributed by atoms with Gasteiger partial charge in [0.05, 0.1) is 6.54 Å².